The molecule has 1 aliphatic rings. The van der Waals surface area contributed by atoms with Crippen molar-refractivity contribution in [3.8, 4) is 0 Å². The van der Waals surface area contributed by atoms with Crippen molar-refractivity contribution in [3.63, 3.8) is 0 Å². The molecule has 0 radical (unpaired) electrons. The first-order chi connectivity index (χ1) is 14.4. The Morgan fingerprint density at radius 3 is 2.57 bits per heavy atom. The molecule has 7 nitrogen and oxygen atoms in total. The number of non-ortho nitro benzene ring substituents is 1. The van der Waals surface area contributed by atoms with Crippen LogP contribution in [-0.2, 0) is 16.0 Å². The minimum Gasteiger partial charge on any atom is -0.355 e. The summed E-state index contributed by atoms with van der Waals surface area (Å²) < 4.78 is 0. The average Bonchev–Trinajstić information content (AvgIpc) is 3.27. The number of piperidine rings is 1. The van der Waals surface area contributed by atoms with Gasteiger partial charge in [0.05, 0.1) is 10.2 Å². The van der Waals surface area contributed by atoms with Crippen LogP contribution in [0.2, 0.25) is 0 Å². The number of carbonyl (C=O) groups is 2. The Bertz CT molecular complexity index is 863. The lowest BCUT2D eigenvalue weighted by molar-refractivity contribution is -0.384. The Labute approximate surface area is 184 Å². The molecule has 3 rings (SSSR count). The van der Waals surface area contributed by atoms with Crippen molar-refractivity contribution in [2.24, 2.45) is 5.92 Å². The molecule has 2 amide bonds. The molecule has 1 atom stereocenters. The van der Waals surface area contributed by atoms with E-state index in [0.29, 0.717) is 32.5 Å². The molecule has 0 aliphatic carbocycles. The number of nitrogens with one attached hydrogen (secondary N) is 1. The fourth-order valence-electron chi connectivity index (χ4n) is 3.43. The first kappa shape index (κ1) is 22.3. The van der Waals surface area contributed by atoms with E-state index >= 15 is 0 Å². The maximum absolute atomic E-state index is 12.8. The van der Waals surface area contributed by atoms with Gasteiger partial charge in [-0.1, -0.05) is 6.07 Å². The molecular weight excluding hydrogens is 422 g/mol. The number of likely N-dealkylation sites (tertiary alicyclic amines) is 1. The summed E-state index contributed by atoms with van der Waals surface area (Å²) >= 11 is 3.08. The SMILES string of the molecule is CC(Sc1ccc([N+](=O)[O-])cc1)C(=O)N1CCC(C(=O)NCCc2cccs2)CC1. The summed E-state index contributed by atoms with van der Waals surface area (Å²) in [6.07, 6.45) is 2.19. The van der Waals surface area contributed by atoms with Crippen molar-refractivity contribution in [2.45, 2.75) is 36.3 Å². The topological polar surface area (TPSA) is 92.6 Å². The highest BCUT2D eigenvalue weighted by Gasteiger charge is 2.29. The van der Waals surface area contributed by atoms with Crippen LogP contribution in [0.1, 0.15) is 24.6 Å². The molecule has 30 heavy (non-hydrogen) atoms. The van der Waals surface area contributed by atoms with Gasteiger partial charge in [-0.25, -0.2) is 0 Å². The lowest BCUT2D eigenvalue weighted by Gasteiger charge is -2.33. The lowest BCUT2D eigenvalue weighted by atomic mass is 9.95. The molecule has 1 aliphatic heterocycles. The molecule has 1 aromatic heterocycles. The van der Waals surface area contributed by atoms with E-state index in [1.807, 2.05) is 23.3 Å². The van der Waals surface area contributed by atoms with Crippen LogP contribution in [0.15, 0.2) is 46.7 Å². The normalized spacial score (nSPS) is 15.6. The third-order valence-corrected chi connectivity index (χ3v) is 7.17. The molecule has 0 spiro atoms. The van der Waals surface area contributed by atoms with Crippen LogP contribution in [0.25, 0.3) is 0 Å². The molecule has 0 bridgehead atoms. The number of nitro groups is 1. The predicted octanol–water partition coefficient (Wildman–Crippen LogP) is 3.73. The Hall–Kier alpha value is -2.39. The van der Waals surface area contributed by atoms with Crippen molar-refractivity contribution >= 4 is 40.6 Å². The van der Waals surface area contributed by atoms with Crippen LogP contribution in [0.5, 0.6) is 0 Å². The van der Waals surface area contributed by atoms with Gasteiger partial charge in [-0.15, -0.1) is 23.1 Å². The Morgan fingerprint density at radius 1 is 1.27 bits per heavy atom. The van der Waals surface area contributed by atoms with E-state index in [0.717, 1.165) is 11.3 Å². The van der Waals surface area contributed by atoms with Crippen LogP contribution in [0.3, 0.4) is 0 Å². The van der Waals surface area contributed by atoms with Gasteiger partial charge >= 0.3 is 0 Å². The number of nitrogens with zero attached hydrogens (tertiary/aromatic N) is 2. The third-order valence-electron chi connectivity index (χ3n) is 5.14. The summed E-state index contributed by atoms with van der Waals surface area (Å²) in [5, 5.41) is 15.5. The molecule has 1 unspecified atom stereocenters. The van der Waals surface area contributed by atoms with E-state index in [1.54, 1.807) is 23.5 Å². The van der Waals surface area contributed by atoms with Crippen molar-refractivity contribution < 1.29 is 14.5 Å². The summed E-state index contributed by atoms with van der Waals surface area (Å²) in [6.45, 7) is 3.64. The Morgan fingerprint density at radius 2 is 1.97 bits per heavy atom. The van der Waals surface area contributed by atoms with Crippen LogP contribution >= 0.6 is 23.1 Å². The average molecular weight is 448 g/mol. The minimum atomic E-state index is -0.439. The first-order valence-corrected chi connectivity index (χ1v) is 11.7. The molecule has 1 N–H and O–H groups in total. The zero-order chi connectivity index (χ0) is 21.5. The van der Waals surface area contributed by atoms with E-state index in [1.165, 1.54) is 28.8 Å². The van der Waals surface area contributed by atoms with Crippen molar-refractivity contribution in [1.29, 1.82) is 0 Å². The second-order valence-corrected chi connectivity index (χ2v) is 9.68. The molecule has 1 fully saturated rings. The molecule has 9 heteroatoms. The number of hydrogen-bond acceptors (Lipinski definition) is 6. The van der Waals surface area contributed by atoms with Crippen LogP contribution < -0.4 is 5.32 Å². The zero-order valence-corrected chi connectivity index (χ0v) is 18.4. The zero-order valence-electron chi connectivity index (χ0n) is 16.8. The summed E-state index contributed by atoms with van der Waals surface area (Å²) in [7, 11) is 0. The molecular formula is C21H25N3O4S2. The highest BCUT2D eigenvalue weighted by molar-refractivity contribution is 8.00. The van der Waals surface area contributed by atoms with E-state index < -0.39 is 4.92 Å². The van der Waals surface area contributed by atoms with Gasteiger partial charge in [-0.3, -0.25) is 19.7 Å². The van der Waals surface area contributed by atoms with E-state index in [9.17, 15) is 19.7 Å². The summed E-state index contributed by atoms with van der Waals surface area (Å²) in [4.78, 5) is 39.4. The number of carbonyl (C=O) groups excluding carboxylic acids is 2. The van der Waals surface area contributed by atoms with E-state index in [4.69, 9.17) is 0 Å². The van der Waals surface area contributed by atoms with Crippen molar-refractivity contribution in [3.05, 3.63) is 56.8 Å². The maximum atomic E-state index is 12.8. The van der Waals surface area contributed by atoms with E-state index in [-0.39, 0.29) is 28.7 Å². The summed E-state index contributed by atoms with van der Waals surface area (Å²) in [5.41, 5.74) is 0.0362. The molecule has 0 saturated carbocycles. The van der Waals surface area contributed by atoms with Gasteiger partial charge in [0.15, 0.2) is 0 Å². The second-order valence-electron chi connectivity index (χ2n) is 7.23. The maximum Gasteiger partial charge on any atom is 0.269 e. The fourth-order valence-corrected chi connectivity index (χ4v) is 5.09. The molecule has 1 aromatic carbocycles. The van der Waals surface area contributed by atoms with Gasteiger partial charge in [0.1, 0.15) is 0 Å². The number of hydrogen-bond donors (Lipinski definition) is 1. The predicted molar refractivity (Wildman–Crippen MR) is 119 cm³/mol. The number of rotatable bonds is 8. The molecule has 1 saturated heterocycles. The Balaban J connectivity index is 1.41. The van der Waals surface area contributed by atoms with Gasteiger partial charge in [0.25, 0.3) is 5.69 Å². The van der Waals surface area contributed by atoms with Crippen molar-refractivity contribution in [1.82, 2.24) is 10.2 Å². The minimum absolute atomic E-state index is 0.0362. The molecule has 2 heterocycles. The summed E-state index contributed by atoms with van der Waals surface area (Å²) in [6, 6.07) is 10.3. The lowest BCUT2D eigenvalue weighted by Crippen LogP contribution is -2.45. The highest BCUT2D eigenvalue weighted by atomic mass is 32.2. The first-order valence-electron chi connectivity index (χ1n) is 9.94. The fraction of sp³-hybridized carbons (Fsp3) is 0.429. The highest BCUT2D eigenvalue weighted by Crippen LogP contribution is 2.28. The second kappa shape index (κ2) is 10.6. The summed E-state index contributed by atoms with van der Waals surface area (Å²) in [5.74, 6) is 0.0666. The number of nitro benzene ring substituents is 1. The monoisotopic (exact) mass is 447 g/mol. The number of thiophene rings is 1. The number of benzene rings is 1. The number of amides is 2. The van der Waals surface area contributed by atoms with Crippen LogP contribution in [0.4, 0.5) is 5.69 Å². The van der Waals surface area contributed by atoms with Crippen LogP contribution in [-0.4, -0.2) is 46.5 Å². The third kappa shape index (κ3) is 6.06. The van der Waals surface area contributed by atoms with Gasteiger partial charge in [-0.05, 0) is 49.8 Å². The Kier molecular flexibility index (Phi) is 7.87. The van der Waals surface area contributed by atoms with Gasteiger partial charge in [0, 0.05) is 47.5 Å². The molecule has 2 aromatic rings. The number of thioether (sulfide) groups is 1. The quantitative estimate of drug-likeness (QED) is 0.378. The van der Waals surface area contributed by atoms with Crippen molar-refractivity contribution in [2.75, 3.05) is 19.6 Å². The molecule has 160 valence electrons. The largest absolute Gasteiger partial charge is 0.355 e. The van der Waals surface area contributed by atoms with E-state index in [2.05, 4.69) is 11.4 Å². The van der Waals surface area contributed by atoms with Gasteiger partial charge < -0.3 is 10.2 Å². The standard InChI is InChI=1S/C21H25N3O4S2/c1-15(30-19-6-4-17(5-7-19)24(27)28)21(26)23-12-9-16(10-13-23)20(25)22-11-8-18-3-2-14-29-18/h2-7,14-16H,8-13H2,1H3,(H,22,25). The van der Waals surface area contributed by atoms with Crippen LogP contribution in [0, 0.1) is 16.0 Å². The van der Waals surface area contributed by atoms with Gasteiger partial charge in [0.2, 0.25) is 11.8 Å². The smallest absolute Gasteiger partial charge is 0.269 e. The van der Waals surface area contributed by atoms with Gasteiger partial charge in [-0.2, -0.15) is 0 Å².